The third-order valence-corrected chi connectivity index (χ3v) is 1.22. The first-order chi connectivity index (χ1) is 3.84. The lowest BCUT2D eigenvalue weighted by atomic mass is 10.4. The van der Waals surface area contributed by atoms with Crippen LogP contribution in [0.1, 0.15) is 13.3 Å². The molecule has 0 saturated carbocycles. The van der Waals surface area contributed by atoms with Crippen molar-refractivity contribution in [1.82, 2.24) is 5.06 Å². The van der Waals surface area contributed by atoms with E-state index in [2.05, 4.69) is 4.99 Å². The van der Waals surface area contributed by atoms with Crippen molar-refractivity contribution in [1.29, 1.82) is 0 Å². The first-order valence-corrected chi connectivity index (χ1v) is 2.84. The third-order valence-electron chi connectivity index (χ3n) is 1.22. The monoisotopic (exact) mass is 114 g/mol. The maximum Gasteiger partial charge on any atom is 0.123 e. The number of aliphatic imine (C=N–C) groups is 1. The van der Waals surface area contributed by atoms with E-state index in [9.17, 15) is 0 Å². The van der Waals surface area contributed by atoms with Crippen LogP contribution in [0, 0.1) is 0 Å². The van der Waals surface area contributed by atoms with E-state index in [1.807, 2.05) is 6.92 Å². The normalized spacial score (nSPS) is 19.2. The van der Waals surface area contributed by atoms with Crippen molar-refractivity contribution in [3.63, 3.8) is 0 Å². The first kappa shape index (κ1) is 5.56. The number of hydrogen-bond donors (Lipinski definition) is 1. The second kappa shape index (κ2) is 2.13. The summed E-state index contributed by atoms with van der Waals surface area (Å²) in [5, 5.41) is 10.1. The van der Waals surface area contributed by atoms with Gasteiger partial charge in [0.2, 0.25) is 0 Å². The molecule has 0 radical (unpaired) electrons. The van der Waals surface area contributed by atoms with Gasteiger partial charge in [-0.05, 0) is 0 Å². The lowest BCUT2D eigenvalue weighted by Gasteiger charge is -2.07. The highest BCUT2D eigenvalue weighted by atomic mass is 16.5. The number of rotatable bonds is 1. The first-order valence-electron chi connectivity index (χ1n) is 2.84. The average Bonchev–Trinajstić information content (AvgIpc) is 2.14. The molecule has 0 fully saturated rings. The second-order valence-electron chi connectivity index (χ2n) is 1.77. The Morgan fingerprint density at radius 2 is 2.62 bits per heavy atom. The standard InChI is InChI=1S/C5H10N2O/c1-2-5-6-3-4-7(5)8/h8H,2-4H2,1H3. The van der Waals surface area contributed by atoms with Crippen LogP contribution >= 0.6 is 0 Å². The zero-order valence-electron chi connectivity index (χ0n) is 4.96. The maximum atomic E-state index is 8.89. The fourth-order valence-electron chi connectivity index (χ4n) is 0.779. The Balaban J connectivity index is 2.49. The Morgan fingerprint density at radius 1 is 1.88 bits per heavy atom. The third kappa shape index (κ3) is 0.816. The molecule has 0 amide bonds. The molecule has 0 atom stereocenters. The fraction of sp³-hybridized carbons (Fsp3) is 0.800. The molecule has 0 bridgehead atoms. The number of hydrogen-bond acceptors (Lipinski definition) is 3. The second-order valence-corrected chi connectivity index (χ2v) is 1.77. The molecule has 0 unspecified atom stereocenters. The minimum Gasteiger partial charge on any atom is -0.287 e. The van der Waals surface area contributed by atoms with Gasteiger partial charge in [-0.1, -0.05) is 6.92 Å². The summed E-state index contributed by atoms with van der Waals surface area (Å²) >= 11 is 0. The van der Waals surface area contributed by atoms with Crippen LogP contribution < -0.4 is 0 Å². The largest absolute Gasteiger partial charge is 0.287 e. The fourth-order valence-corrected chi connectivity index (χ4v) is 0.779. The Labute approximate surface area is 48.6 Å². The van der Waals surface area contributed by atoms with E-state index >= 15 is 0 Å². The molecule has 3 heteroatoms. The summed E-state index contributed by atoms with van der Waals surface area (Å²) in [6.07, 6.45) is 0.830. The zero-order valence-corrected chi connectivity index (χ0v) is 4.96. The molecule has 3 nitrogen and oxygen atoms in total. The Hall–Kier alpha value is -0.570. The van der Waals surface area contributed by atoms with Crippen molar-refractivity contribution in [3.05, 3.63) is 0 Å². The smallest absolute Gasteiger partial charge is 0.123 e. The van der Waals surface area contributed by atoms with Gasteiger partial charge in [0.05, 0.1) is 13.1 Å². The molecule has 0 aliphatic carbocycles. The van der Waals surface area contributed by atoms with Gasteiger partial charge in [0, 0.05) is 6.42 Å². The number of amidine groups is 1. The maximum absolute atomic E-state index is 8.89. The van der Waals surface area contributed by atoms with Crippen LogP contribution in [0.4, 0.5) is 0 Å². The quantitative estimate of drug-likeness (QED) is 0.538. The molecular formula is C5H10N2O. The van der Waals surface area contributed by atoms with Crippen molar-refractivity contribution in [2.75, 3.05) is 13.1 Å². The molecule has 0 aromatic carbocycles. The van der Waals surface area contributed by atoms with E-state index < -0.39 is 0 Å². The van der Waals surface area contributed by atoms with Crippen molar-refractivity contribution in [3.8, 4) is 0 Å². The van der Waals surface area contributed by atoms with Crippen molar-refractivity contribution >= 4 is 5.84 Å². The summed E-state index contributed by atoms with van der Waals surface area (Å²) in [6, 6.07) is 0. The summed E-state index contributed by atoms with van der Waals surface area (Å²) in [5.41, 5.74) is 0. The van der Waals surface area contributed by atoms with Gasteiger partial charge in [-0.3, -0.25) is 10.2 Å². The highest BCUT2D eigenvalue weighted by Gasteiger charge is 2.10. The molecule has 0 aromatic rings. The van der Waals surface area contributed by atoms with Crippen LogP contribution in [-0.4, -0.2) is 29.2 Å². The summed E-state index contributed by atoms with van der Waals surface area (Å²) in [7, 11) is 0. The van der Waals surface area contributed by atoms with E-state index in [1.54, 1.807) is 0 Å². The molecule has 0 saturated heterocycles. The van der Waals surface area contributed by atoms with E-state index in [-0.39, 0.29) is 0 Å². The lowest BCUT2D eigenvalue weighted by molar-refractivity contribution is -0.00458. The molecule has 46 valence electrons. The molecule has 1 N–H and O–H groups in total. The Morgan fingerprint density at radius 3 is 2.88 bits per heavy atom. The van der Waals surface area contributed by atoms with E-state index in [1.165, 1.54) is 5.06 Å². The Bertz CT molecular complexity index is 111. The van der Waals surface area contributed by atoms with Gasteiger partial charge in [0.1, 0.15) is 5.84 Å². The molecular weight excluding hydrogens is 104 g/mol. The van der Waals surface area contributed by atoms with Crippen molar-refractivity contribution in [2.45, 2.75) is 13.3 Å². The minimum absolute atomic E-state index is 0.670. The van der Waals surface area contributed by atoms with Crippen LogP contribution in [0.3, 0.4) is 0 Å². The summed E-state index contributed by atoms with van der Waals surface area (Å²) in [6.45, 7) is 3.40. The predicted molar refractivity (Wildman–Crippen MR) is 31.1 cm³/mol. The van der Waals surface area contributed by atoms with Crippen LogP contribution in [0.15, 0.2) is 4.99 Å². The van der Waals surface area contributed by atoms with Gasteiger partial charge >= 0.3 is 0 Å². The Kier molecular flexibility index (Phi) is 1.48. The zero-order chi connectivity index (χ0) is 5.98. The van der Waals surface area contributed by atoms with Gasteiger partial charge in [-0.25, -0.2) is 5.06 Å². The molecule has 1 aliphatic heterocycles. The summed E-state index contributed by atoms with van der Waals surface area (Å²) < 4.78 is 0. The SMILES string of the molecule is CCC1=NCCN1O. The van der Waals surface area contributed by atoms with E-state index in [4.69, 9.17) is 5.21 Å². The van der Waals surface area contributed by atoms with Gasteiger partial charge in [0.25, 0.3) is 0 Å². The van der Waals surface area contributed by atoms with E-state index in [0.29, 0.717) is 6.54 Å². The number of hydroxylamine groups is 2. The minimum atomic E-state index is 0.670. The summed E-state index contributed by atoms with van der Waals surface area (Å²) in [5.74, 6) is 0.810. The number of nitrogens with zero attached hydrogens (tertiary/aromatic N) is 2. The molecule has 1 aliphatic rings. The molecule has 0 spiro atoms. The van der Waals surface area contributed by atoms with Crippen LogP contribution in [0.25, 0.3) is 0 Å². The van der Waals surface area contributed by atoms with E-state index in [0.717, 1.165) is 18.8 Å². The van der Waals surface area contributed by atoms with Gasteiger partial charge < -0.3 is 0 Å². The van der Waals surface area contributed by atoms with Crippen molar-refractivity contribution < 1.29 is 5.21 Å². The van der Waals surface area contributed by atoms with Crippen LogP contribution in [-0.2, 0) is 0 Å². The molecule has 1 heterocycles. The topological polar surface area (TPSA) is 35.8 Å². The average molecular weight is 114 g/mol. The molecule has 1 rings (SSSR count). The van der Waals surface area contributed by atoms with Gasteiger partial charge in [-0.15, -0.1) is 0 Å². The lowest BCUT2D eigenvalue weighted by Crippen LogP contribution is -2.22. The highest BCUT2D eigenvalue weighted by Crippen LogP contribution is 1.99. The van der Waals surface area contributed by atoms with Crippen molar-refractivity contribution in [2.24, 2.45) is 4.99 Å². The van der Waals surface area contributed by atoms with Gasteiger partial charge in [-0.2, -0.15) is 0 Å². The molecule has 0 aromatic heterocycles. The summed E-state index contributed by atoms with van der Waals surface area (Å²) in [4.78, 5) is 4.03. The van der Waals surface area contributed by atoms with Crippen LogP contribution in [0.5, 0.6) is 0 Å². The predicted octanol–water partition coefficient (Wildman–Crippen LogP) is 0.500. The highest BCUT2D eigenvalue weighted by molar-refractivity contribution is 5.82. The van der Waals surface area contributed by atoms with Crippen LogP contribution in [0.2, 0.25) is 0 Å². The molecule has 8 heavy (non-hydrogen) atoms. The van der Waals surface area contributed by atoms with Gasteiger partial charge in [0.15, 0.2) is 0 Å².